The number of nitrogens with one attached hydrogen (secondary N) is 3. The van der Waals surface area contributed by atoms with E-state index < -0.39 is 5.41 Å². The molecule has 1 heterocycles. The quantitative estimate of drug-likeness (QED) is 0.319. The Morgan fingerprint density at radius 1 is 1.25 bits per heavy atom. The molecule has 1 aliphatic heterocycles. The Morgan fingerprint density at radius 3 is 2.46 bits per heavy atom. The van der Waals surface area contributed by atoms with Gasteiger partial charge in [-0.25, -0.2) is 0 Å². The molecule has 0 aromatic heterocycles. The second-order valence-corrected chi connectivity index (χ2v) is 8.01. The summed E-state index contributed by atoms with van der Waals surface area (Å²) in [5, 5.41) is 9.52. The lowest BCUT2D eigenvalue weighted by Gasteiger charge is -2.33. The van der Waals surface area contributed by atoms with Crippen LogP contribution in [-0.4, -0.2) is 56.5 Å². The van der Waals surface area contributed by atoms with E-state index in [1.54, 1.807) is 14.1 Å². The van der Waals surface area contributed by atoms with Crippen molar-refractivity contribution in [2.24, 2.45) is 10.4 Å². The van der Waals surface area contributed by atoms with Crippen molar-refractivity contribution in [2.45, 2.75) is 46.2 Å². The lowest BCUT2D eigenvalue weighted by Crippen LogP contribution is -2.51. The molecule has 1 aliphatic rings. The summed E-state index contributed by atoms with van der Waals surface area (Å²) >= 11 is 0. The lowest BCUT2D eigenvalue weighted by atomic mass is 9.92. The number of hydrogen-bond acceptors (Lipinski definition) is 3. The maximum absolute atomic E-state index is 11.9. The first-order valence-electron chi connectivity index (χ1n) is 9.82. The molecule has 7 heteroatoms. The Kier molecular flexibility index (Phi) is 10.2. The van der Waals surface area contributed by atoms with E-state index in [1.807, 2.05) is 13.8 Å². The number of likely N-dealkylation sites (tertiary alicyclic amines) is 1. The highest BCUT2D eigenvalue weighted by molar-refractivity contribution is 14.0. The second kappa shape index (κ2) is 11.6. The van der Waals surface area contributed by atoms with Gasteiger partial charge in [0, 0.05) is 46.3 Å². The van der Waals surface area contributed by atoms with Gasteiger partial charge in [0.05, 0.1) is 5.41 Å². The summed E-state index contributed by atoms with van der Waals surface area (Å²) in [6.45, 7) is 9.75. The predicted molar refractivity (Wildman–Crippen MR) is 127 cm³/mol. The molecule has 0 bridgehead atoms. The highest BCUT2D eigenvalue weighted by Gasteiger charge is 2.27. The van der Waals surface area contributed by atoms with Crippen LogP contribution in [0.4, 0.5) is 0 Å². The zero-order chi connectivity index (χ0) is 19.9. The maximum atomic E-state index is 11.9. The molecular weight excluding hydrogens is 465 g/mol. The summed E-state index contributed by atoms with van der Waals surface area (Å²) < 4.78 is 0. The van der Waals surface area contributed by atoms with Crippen LogP contribution in [0.25, 0.3) is 0 Å². The van der Waals surface area contributed by atoms with Gasteiger partial charge in [0.15, 0.2) is 5.96 Å². The Hall–Kier alpha value is -1.35. The minimum Gasteiger partial charge on any atom is -0.359 e. The number of benzene rings is 1. The summed E-state index contributed by atoms with van der Waals surface area (Å²) in [6, 6.07) is 9.03. The van der Waals surface area contributed by atoms with Gasteiger partial charge in [-0.05, 0) is 44.7 Å². The third-order valence-corrected chi connectivity index (χ3v) is 5.35. The molecule has 0 radical (unpaired) electrons. The molecule has 1 saturated heterocycles. The smallest absolute Gasteiger partial charge is 0.227 e. The fourth-order valence-corrected chi connectivity index (χ4v) is 3.38. The molecule has 1 amide bonds. The van der Waals surface area contributed by atoms with Gasteiger partial charge in [-0.15, -0.1) is 24.0 Å². The monoisotopic (exact) mass is 501 g/mol. The maximum Gasteiger partial charge on any atom is 0.227 e. The third kappa shape index (κ3) is 7.24. The molecule has 3 N–H and O–H groups in total. The van der Waals surface area contributed by atoms with E-state index in [9.17, 15) is 4.79 Å². The fraction of sp³-hybridized carbons (Fsp3) is 0.619. The molecular formula is C21H36IN5O. The van der Waals surface area contributed by atoms with Crippen LogP contribution in [0.5, 0.6) is 0 Å². The van der Waals surface area contributed by atoms with Crippen LogP contribution in [0.15, 0.2) is 29.3 Å². The lowest BCUT2D eigenvalue weighted by molar-refractivity contribution is -0.128. The first-order valence-corrected chi connectivity index (χ1v) is 9.82. The molecule has 0 saturated carbocycles. The van der Waals surface area contributed by atoms with E-state index >= 15 is 0 Å². The van der Waals surface area contributed by atoms with Gasteiger partial charge in [-0.1, -0.05) is 24.3 Å². The molecule has 158 valence electrons. The van der Waals surface area contributed by atoms with Crippen LogP contribution in [-0.2, 0) is 11.3 Å². The van der Waals surface area contributed by atoms with Crippen LogP contribution < -0.4 is 16.0 Å². The van der Waals surface area contributed by atoms with Crippen molar-refractivity contribution in [3.05, 3.63) is 35.4 Å². The van der Waals surface area contributed by atoms with Crippen LogP contribution in [0, 0.1) is 12.3 Å². The van der Waals surface area contributed by atoms with E-state index in [1.165, 1.54) is 11.1 Å². The van der Waals surface area contributed by atoms with Crippen LogP contribution in [0.2, 0.25) is 0 Å². The molecule has 0 aliphatic carbocycles. The fourth-order valence-electron chi connectivity index (χ4n) is 3.38. The number of carbonyl (C=O) groups excluding carboxylic acids is 1. The summed E-state index contributed by atoms with van der Waals surface area (Å²) in [5.74, 6) is 0.791. The number of aryl methyl sites for hydroxylation is 1. The van der Waals surface area contributed by atoms with E-state index in [2.05, 4.69) is 57.0 Å². The van der Waals surface area contributed by atoms with E-state index in [0.717, 1.165) is 38.4 Å². The van der Waals surface area contributed by atoms with Crippen LogP contribution in [0.3, 0.4) is 0 Å². The van der Waals surface area contributed by atoms with Crippen molar-refractivity contribution in [2.75, 3.05) is 33.7 Å². The number of guanidine groups is 1. The van der Waals surface area contributed by atoms with Crippen molar-refractivity contribution in [3.8, 4) is 0 Å². The highest BCUT2D eigenvalue weighted by Crippen LogP contribution is 2.16. The average Bonchev–Trinajstić information content (AvgIpc) is 2.67. The van der Waals surface area contributed by atoms with Gasteiger partial charge < -0.3 is 16.0 Å². The molecule has 1 fully saturated rings. The first-order chi connectivity index (χ1) is 12.9. The predicted octanol–water partition coefficient (Wildman–Crippen LogP) is 2.51. The molecule has 2 rings (SSSR count). The van der Waals surface area contributed by atoms with Gasteiger partial charge in [-0.2, -0.15) is 0 Å². The zero-order valence-electron chi connectivity index (χ0n) is 17.8. The SMILES string of the molecule is CN=C(NCC(C)(C)C(=O)NC)NC1CCN(Cc2ccccc2C)CC1.I. The number of amides is 1. The zero-order valence-corrected chi connectivity index (χ0v) is 20.2. The Balaban J connectivity index is 0.00000392. The van der Waals surface area contributed by atoms with Gasteiger partial charge >= 0.3 is 0 Å². The highest BCUT2D eigenvalue weighted by atomic mass is 127. The van der Waals surface area contributed by atoms with E-state index in [0.29, 0.717) is 12.6 Å². The topological polar surface area (TPSA) is 68.8 Å². The Morgan fingerprint density at radius 2 is 1.89 bits per heavy atom. The van der Waals surface area contributed by atoms with Gasteiger partial charge in [0.1, 0.15) is 0 Å². The molecule has 0 unspecified atom stereocenters. The Bertz CT molecular complexity index is 654. The molecule has 6 nitrogen and oxygen atoms in total. The average molecular weight is 501 g/mol. The van der Waals surface area contributed by atoms with Crippen molar-refractivity contribution in [3.63, 3.8) is 0 Å². The largest absolute Gasteiger partial charge is 0.359 e. The molecule has 28 heavy (non-hydrogen) atoms. The number of piperidine rings is 1. The van der Waals surface area contributed by atoms with Crippen molar-refractivity contribution in [1.29, 1.82) is 0 Å². The minimum atomic E-state index is -0.483. The van der Waals surface area contributed by atoms with Crippen molar-refractivity contribution < 1.29 is 4.79 Å². The number of hydrogen-bond donors (Lipinski definition) is 3. The van der Waals surface area contributed by atoms with Gasteiger partial charge in [0.2, 0.25) is 5.91 Å². The normalized spacial score (nSPS) is 16.2. The molecule has 1 aromatic carbocycles. The number of aliphatic imine (C=N–C) groups is 1. The number of nitrogens with zero attached hydrogens (tertiary/aromatic N) is 2. The number of rotatable bonds is 6. The molecule has 0 spiro atoms. The van der Waals surface area contributed by atoms with Crippen molar-refractivity contribution >= 4 is 35.8 Å². The van der Waals surface area contributed by atoms with Gasteiger partial charge in [-0.3, -0.25) is 14.7 Å². The molecule has 0 atom stereocenters. The summed E-state index contributed by atoms with van der Waals surface area (Å²) in [5.41, 5.74) is 2.29. The minimum absolute atomic E-state index is 0. The second-order valence-electron chi connectivity index (χ2n) is 8.01. The number of halogens is 1. The van der Waals surface area contributed by atoms with Crippen molar-refractivity contribution in [1.82, 2.24) is 20.9 Å². The van der Waals surface area contributed by atoms with E-state index in [4.69, 9.17) is 0 Å². The third-order valence-electron chi connectivity index (χ3n) is 5.35. The first kappa shape index (κ1) is 24.7. The van der Waals surface area contributed by atoms with Crippen LogP contribution >= 0.6 is 24.0 Å². The summed E-state index contributed by atoms with van der Waals surface area (Å²) in [4.78, 5) is 18.8. The summed E-state index contributed by atoms with van der Waals surface area (Å²) in [7, 11) is 3.44. The van der Waals surface area contributed by atoms with Gasteiger partial charge in [0.25, 0.3) is 0 Å². The Labute approximate surface area is 187 Å². The molecule has 1 aromatic rings. The number of carbonyl (C=O) groups is 1. The summed E-state index contributed by atoms with van der Waals surface area (Å²) in [6.07, 6.45) is 2.18. The van der Waals surface area contributed by atoms with Crippen LogP contribution in [0.1, 0.15) is 37.8 Å². The standard InChI is InChI=1S/C21H35N5O.HI/c1-16-8-6-7-9-17(16)14-26-12-10-18(11-13-26)25-20(23-5)24-15-21(2,3)19(27)22-4;/h6-9,18H,10-15H2,1-5H3,(H,22,27)(H2,23,24,25);1H. The van der Waals surface area contributed by atoms with E-state index in [-0.39, 0.29) is 29.9 Å².